The smallest absolute Gasteiger partial charge is 0.324 e. The van der Waals surface area contributed by atoms with Gasteiger partial charge in [-0.2, -0.15) is 5.26 Å². The summed E-state index contributed by atoms with van der Waals surface area (Å²) in [6.45, 7) is 1.69. The molecule has 0 aliphatic carbocycles. The predicted octanol–water partition coefficient (Wildman–Crippen LogP) is 0.657. The molecule has 0 heterocycles. The number of nitriles is 1. The lowest BCUT2D eigenvalue weighted by Crippen LogP contribution is -2.36. The highest BCUT2D eigenvalue weighted by atomic mass is 16.5. The van der Waals surface area contributed by atoms with Crippen molar-refractivity contribution in [3.8, 4) is 11.8 Å². The third kappa shape index (κ3) is 2.97. The van der Waals surface area contributed by atoms with E-state index >= 15 is 0 Å². The van der Waals surface area contributed by atoms with Gasteiger partial charge in [0.25, 0.3) is 0 Å². The van der Waals surface area contributed by atoms with Gasteiger partial charge >= 0.3 is 5.97 Å². The molecular formula is C11H12N2O3. The van der Waals surface area contributed by atoms with Crippen molar-refractivity contribution in [2.45, 2.75) is 13.0 Å². The Morgan fingerprint density at radius 3 is 2.94 bits per heavy atom. The van der Waals surface area contributed by atoms with E-state index < -0.39 is 12.0 Å². The van der Waals surface area contributed by atoms with Crippen LogP contribution < -0.4 is 10.5 Å². The number of rotatable bonds is 4. The Kier molecular flexibility index (Phi) is 3.86. The van der Waals surface area contributed by atoms with Gasteiger partial charge in [0.2, 0.25) is 0 Å². The summed E-state index contributed by atoms with van der Waals surface area (Å²) in [5.41, 5.74) is 6.59. The summed E-state index contributed by atoms with van der Waals surface area (Å²) in [5, 5.41) is 17.3. The molecule has 0 amide bonds. The Hall–Kier alpha value is -2.06. The van der Waals surface area contributed by atoms with Crippen LogP contribution in [0.2, 0.25) is 0 Å². The minimum Gasteiger partial charge on any atom is -0.491 e. The van der Waals surface area contributed by atoms with Crippen LogP contribution in [0.15, 0.2) is 18.2 Å². The number of carboxylic acids is 1. The number of hydrogen-bond acceptors (Lipinski definition) is 4. The number of hydrogen-bond donors (Lipinski definition) is 2. The number of carboxylic acid groups (broad SMARTS) is 1. The highest BCUT2D eigenvalue weighted by molar-refractivity contribution is 5.73. The molecule has 0 aromatic heterocycles. The summed E-state index contributed by atoms with van der Waals surface area (Å²) in [6.07, 6.45) is 0. The van der Waals surface area contributed by atoms with Gasteiger partial charge in [-0.15, -0.1) is 0 Å². The molecule has 16 heavy (non-hydrogen) atoms. The summed E-state index contributed by atoms with van der Waals surface area (Å²) in [7, 11) is 0. The number of nitrogens with zero attached hydrogens (tertiary/aromatic N) is 1. The summed E-state index contributed by atoms with van der Waals surface area (Å²) in [6, 6.07) is 5.87. The zero-order chi connectivity index (χ0) is 12.1. The van der Waals surface area contributed by atoms with Gasteiger partial charge < -0.3 is 15.6 Å². The van der Waals surface area contributed by atoms with Gasteiger partial charge in [-0.05, 0) is 24.6 Å². The van der Waals surface area contributed by atoms with Crippen LogP contribution in [0, 0.1) is 18.3 Å². The second-order valence-corrected chi connectivity index (χ2v) is 3.35. The normalized spacial score (nSPS) is 11.6. The predicted molar refractivity (Wildman–Crippen MR) is 57.0 cm³/mol. The van der Waals surface area contributed by atoms with Gasteiger partial charge in [0.1, 0.15) is 18.4 Å². The van der Waals surface area contributed by atoms with Crippen molar-refractivity contribution in [1.82, 2.24) is 0 Å². The molecule has 1 rings (SSSR count). The van der Waals surface area contributed by atoms with Gasteiger partial charge in [0, 0.05) is 0 Å². The minimum atomic E-state index is -1.12. The van der Waals surface area contributed by atoms with E-state index in [0.29, 0.717) is 11.3 Å². The van der Waals surface area contributed by atoms with Crippen LogP contribution in [-0.2, 0) is 4.79 Å². The second-order valence-electron chi connectivity index (χ2n) is 3.35. The van der Waals surface area contributed by atoms with E-state index in [1.54, 1.807) is 18.2 Å². The van der Waals surface area contributed by atoms with E-state index in [4.69, 9.17) is 20.8 Å². The number of benzene rings is 1. The lowest BCUT2D eigenvalue weighted by Gasteiger charge is -2.11. The molecular weight excluding hydrogens is 208 g/mol. The molecule has 0 radical (unpaired) electrons. The lowest BCUT2D eigenvalue weighted by atomic mass is 10.1. The standard InChI is InChI=1S/C11H12N2O3/c1-7-2-3-8(5-12)4-10(7)16-6-9(13)11(14)15/h2-4,9H,6,13H2,1H3,(H,14,15). The Morgan fingerprint density at radius 2 is 2.38 bits per heavy atom. The molecule has 5 heteroatoms. The van der Waals surface area contributed by atoms with Crippen molar-refractivity contribution < 1.29 is 14.6 Å². The van der Waals surface area contributed by atoms with Gasteiger partial charge in [-0.1, -0.05) is 6.07 Å². The molecule has 1 unspecified atom stereocenters. The van der Waals surface area contributed by atoms with E-state index in [-0.39, 0.29) is 6.61 Å². The molecule has 1 aromatic rings. The van der Waals surface area contributed by atoms with Crippen LogP contribution in [-0.4, -0.2) is 23.7 Å². The van der Waals surface area contributed by atoms with Crippen molar-refractivity contribution >= 4 is 5.97 Å². The van der Waals surface area contributed by atoms with Gasteiger partial charge in [-0.3, -0.25) is 4.79 Å². The van der Waals surface area contributed by atoms with E-state index in [0.717, 1.165) is 5.56 Å². The number of carbonyl (C=O) groups is 1. The number of ether oxygens (including phenoxy) is 1. The molecule has 1 atom stereocenters. The van der Waals surface area contributed by atoms with Crippen LogP contribution in [0.4, 0.5) is 0 Å². The van der Waals surface area contributed by atoms with Crippen molar-refractivity contribution in [2.24, 2.45) is 5.73 Å². The fourth-order valence-electron chi connectivity index (χ4n) is 1.08. The molecule has 0 aliphatic heterocycles. The van der Waals surface area contributed by atoms with Crippen LogP contribution in [0.1, 0.15) is 11.1 Å². The third-order valence-corrected chi connectivity index (χ3v) is 2.05. The fraction of sp³-hybridized carbons (Fsp3) is 0.273. The highest BCUT2D eigenvalue weighted by Crippen LogP contribution is 2.19. The number of aliphatic carboxylic acids is 1. The van der Waals surface area contributed by atoms with Crippen LogP contribution in [0.3, 0.4) is 0 Å². The molecule has 84 valence electrons. The van der Waals surface area contributed by atoms with E-state index in [1.165, 1.54) is 0 Å². The summed E-state index contributed by atoms with van der Waals surface area (Å²) < 4.78 is 5.25. The quantitative estimate of drug-likeness (QED) is 0.776. The van der Waals surface area contributed by atoms with E-state index in [1.807, 2.05) is 13.0 Å². The van der Waals surface area contributed by atoms with Gasteiger partial charge in [-0.25, -0.2) is 0 Å². The maximum Gasteiger partial charge on any atom is 0.324 e. The third-order valence-electron chi connectivity index (χ3n) is 2.05. The zero-order valence-electron chi connectivity index (χ0n) is 8.80. The first kappa shape index (κ1) is 12.0. The van der Waals surface area contributed by atoms with Crippen molar-refractivity contribution in [1.29, 1.82) is 5.26 Å². The maximum absolute atomic E-state index is 10.5. The second kappa shape index (κ2) is 5.14. The minimum absolute atomic E-state index is 0.120. The first-order chi connectivity index (χ1) is 7.54. The SMILES string of the molecule is Cc1ccc(C#N)cc1OCC(N)C(=O)O. The number of nitrogens with two attached hydrogens (primary N) is 1. The molecule has 0 fully saturated rings. The zero-order valence-corrected chi connectivity index (χ0v) is 8.80. The van der Waals surface area contributed by atoms with E-state index in [9.17, 15) is 4.79 Å². The molecule has 3 N–H and O–H groups in total. The Morgan fingerprint density at radius 1 is 1.69 bits per heavy atom. The molecule has 0 saturated carbocycles. The summed E-state index contributed by atoms with van der Waals surface area (Å²) in [4.78, 5) is 10.5. The molecule has 0 saturated heterocycles. The summed E-state index contributed by atoms with van der Waals surface area (Å²) >= 11 is 0. The fourth-order valence-corrected chi connectivity index (χ4v) is 1.08. The molecule has 1 aromatic carbocycles. The molecule has 0 bridgehead atoms. The first-order valence-corrected chi connectivity index (χ1v) is 4.66. The van der Waals surface area contributed by atoms with Gasteiger partial charge in [0.15, 0.2) is 0 Å². The molecule has 0 spiro atoms. The number of aryl methyl sites for hydroxylation is 1. The Balaban J connectivity index is 2.74. The largest absolute Gasteiger partial charge is 0.491 e. The Bertz CT molecular complexity index is 437. The maximum atomic E-state index is 10.5. The van der Waals surface area contributed by atoms with Crippen LogP contribution >= 0.6 is 0 Å². The molecule has 5 nitrogen and oxygen atoms in total. The van der Waals surface area contributed by atoms with Crippen LogP contribution in [0.25, 0.3) is 0 Å². The lowest BCUT2D eigenvalue weighted by molar-refractivity contribution is -0.139. The molecule has 0 aliphatic rings. The van der Waals surface area contributed by atoms with Crippen molar-refractivity contribution in [3.05, 3.63) is 29.3 Å². The monoisotopic (exact) mass is 220 g/mol. The van der Waals surface area contributed by atoms with Crippen molar-refractivity contribution in [2.75, 3.05) is 6.61 Å². The first-order valence-electron chi connectivity index (χ1n) is 4.66. The Labute approximate surface area is 93.1 Å². The average Bonchev–Trinajstić information content (AvgIpc) is 2.27. The van der Waals surface area contributed by atoms with Crippen molar-refractivity contribution in [3.63, 3.8) is 0 Å². The van der Waals surface area contributed by atoms with Gasteiger partial charge in [0.05, 0.1) is 11.6 Å². The highest BCUT2D eigenvalue weighted by Gasteiger charge is 2.12. The van der Waals surface area contributed by atoms with E-state index in [2.05, 4.69) is 0 Å². The van der Waals surface area contributed by atoms with Crippen LogP contribution in [0.5, 0.6) is 5.75 Å². The topological polar surface area (TPSA) is 96.3 Å². The average molecular weight is 220 g/mol. The summed E-state index contributed by atoms with van der Waals surface area (Å²) in [5.74, 6) is -0.634.